The molecule has 0 amide bonds. The van der Waals surface area contributed by atoms with Crippen LogP contribution in [0.3, 0.4) is 0 Å². The van der Waals surface area contributed by atoms with Gasteiger partial charge in [0.15, 0.2) is 0 Å². The lowest BCUT2D eigenvalue weighted by Gasteiger charge is -2.35. The average molecular weight is 214 g/mol. The van der Waals surface area contributed by atoms with Crippen molar-refractivity contribution < 1.29 is 0 Å². The number of hydrogen-bond donors (Lipinski definition) is 1. The van der Waals surface area contributed by atoms with Gasteiger partial charge in [0.2, 0.25) is 0 Å². The third-order valence-electron chi connectivity index (χ3n) is 3.31. The topological polar surface area (TPSA) is 29.3 Å². The molecule has 2 nitrogen and oxygen atoms in total. The fraction of sp³-hybridized carbons (Fsp3) is 0.909. The van der Waals surface area contributed by atoms with Gasteiger partial charge in [0.1, 0.15) is 0 Å². The zero-order valence-corrected chi connectivity index (χ0v) is 10.1. The highest BCUT2D eigenvalue weighted by Gasteiger charge is 2.22. The highest BCUT2D eigenvalue weighted by atomic mass is 32.1. The third-order valence-corrected chi connectivity index (χ3v) is 3.65. The summed E-state index contributed by atoms with van der Waals surface area (Å²) < 4.78 is 0. The molecule has 1 aliphatic heterocycles. The van der Waals surface area contributed by atoms with Gasteiger partial charge in [-0.05, 0) is 38.8 Å². The fourth-order valence-corrected chi connectivity index (χ4v) is 2.37. The van der Waals surface area contributed by atoms with Crippen molar-refractivity contribution >= 4 is 17.2 Å². The lowest BCUT2D eigenvalue weighted by Crippen LogP contribution is -2.45. The number of rotatable bonds is 4. The molecule has 1 saturated heterocycles. The predicted molar refractivity (Wildman–Crippen MR) is 65.5 cm³/mol. The van der Waals surface area contributed by atoms with Crippen LogP contribution in [-0.4, -0.2) is 29.0 Å². The summed E-state index contributed by atoms with van der Waals surface area (Å²) >= 11 is 5.02. The molecule has 1 aliphatic rings. The van der Waals surface area contributed by atoms with Gasteiger partial charge in [0, 0.05) is 0 Å². The molecule has 0 radical (unpaired) electrons. The quantitative estimate of drug-likeness (QED) is 0.727. The fourth-order valence-electron chi connectivity index (χ4n) is 2.22. The van der Waals surface area contributed by atoms with E-state index in [1.807, 2.05) is 0 Å². The minimum absolute atomic E-state index is 0.285. The Labute approximate surface area is 92.8 Å². The molecule has 0 aliphatic carbocycles. The van der Waals surface area contributed by atoms with Crippen LogP contribution in [-0.2, 0) is 0 Å². The van der Waals surface area contributed by atoms with E-state index in [9.17, 15) is 0 Å². The molecule has 1 atom stereocenters. The molecule has 3 heteroatoms. The van der Waals surface area contributed by atoms with E-state index in [1.54, 1.807) is 0 Å². The molecule has 1 unspecified atom stereocenters. The van der Waals surface area contributed by atoms with E-state index in [4.69, 9.17) is 18.0 Å². The maximum Gasteiger partial charge on any atom is 0.0899 e. The van der Waals surface area contributed by atoms with Crippen LogP contribution < -0.4 is 5.73 Å². The van der Waals surface area contributed by atoms with E-state index < -0.39 is 0 Å². The van der Waals surface area contributed by atoms with Crippen molar-refractivity contribution in [3.05, 3.63) is 0 Å². The Bertz CT molecular complexity index is 186. The summed E-state index contributed by atoms with van der Waals surface area (Å²) in [5.74, 6) is 0.940. The predicted octanol–water partition coefficient (Wildman–Crippen LogP) is 2.17. The molecule has 0 aromatic rings. The molecule has 0 bridgehead atoms. The zero-order valence-electron chi connectivity index (χ0n) is 9.33. The molecule has 1 fully saturated rings. The average Bonchev–Trinajstić information content (AvgIpc) is 2.18. The monoisotopic (exact) mass is 214 g/mol. The Hall–Kier alpha value is -0.150. The summed E-state index contributed by atoms with van der Waals surface area (Å²) in [6.07, 6.45) is 5.34. The first kappa shape index (κ1) is 11.9. The van der Waals surface area contributed by atoms with E-state index in [0.29, 0.717) is 4.99 Å². The summed E-state index contributed by atoms with van der Waals surface area (Å²) in [5, 5.41) is 0. The number of piperidine rings is 1. The third kappa shape index (κ3) is 3.21. The molecule has 14 heavy (non-hydrogen) atoms. The van der Waals surface area contributed by atoms with Crippen molar-refractivity contribution in [3.63, 3.8) is 0 Å². The highest BCUT2D eigenvalue weighted by molar-refractivity contribution is 7.80. The summed E-state index contributed by atoms with van der Waals surface area (Å²) in [6, 6.07) is 0.285. The van der Waals surface area contributed by atoms with Crippen molar-refractivity contribution in [3.8, 4) is 0 Å². The number of hydrogen-bond acceptors (Lipinski definition) is 2. The SMILES string of the molecule is CCCC1CCN(C(C)C(N)=S)CC1. The largest absolute Gasteiger partial charge is 0.392 e. The van der Waals surface area contributed by atoms with E-state index >= 15 is 0 Å². The van der Waals surface area contributed by atoms with Gasteiger partial charge in [0.25, 0.3) is 0 Å². The van der Waals surface area contributed by atoms with Crippen LogP contribution in [0.1, 0.15) is 39.5 Å². The summed E-state index contributed by atoms with van der Waals surface area (Å²) in [4.78, 5) is 3.05. The van der Waals surface area contributed by atoms with Crippen LogP contribution in [0.5, 0.6) is 0 Å². The summed E-state index contributed by atoms with van der Waals surface area (Å²) in [6.45, 7) is 6.72. The van der Waals surface area contributed by atoms with Crippen molar-refractivity contribution in [2.24, 2.45) is 11.7 Å². The van der Waals surface area contributed by atoms with Gasteiger partial charge >= 0.3 is 0 Å². The molecule has 0 spiro atoms. The second-order valence-corrected chi connectivity index (χ2v) is 4.82. The number of likely N-dealkylation sites (tertiary alicyclic amines) is 1. The molecule has 0 saturated carbocycles. The maximum absolute atomic E-state index is 5.65. The van der Waals surface area contributed by atoms with E-state index in [2.05, 4.69) is 18.7 Å². The van der Waals surface area contributed by atoms with Gasteiger partial charge in [-0.1, -0.05) is 32.0 Å². The molecule has 2 N–H and O–H groups in total. The molecular formula is C11H22N2S. The number of nitrogens with zero attached hydrogens (tertiary/aromatic N) is 1. The standard InChI is InChI=1S/C11H22N2S/c1-3-4-10-5-7-13(8-6-10)9(2)11(12)14/h9-10H,3-8H2,1-2H3,(H2,12,14). The van der Waals surface area contributed by atoms with Gasteiger partial charge in [-0.15, -0.1) is 0 Å². The Morgan fingerprint density at radius 2 is 2.07 bits per heavy atom. The molecular weight excluding hydrogens is 192 g/mol. The zero-order chi connectivity index (χ0) is 10.6. The van der Waals surface area contributed by atoms with E-state index in [1.165, 1.54) is 38.8 Å². The van der Waals surface area contributed by atoms with Crippen LogP contribution >= 0.6 is 12.2 Å². The van der Waals surface area contributed by atoms with Crippen LogP contribution in [0, 0.1) is 5.92 Å². The van der Waals surface area contributed by atoms with Crippen molar-refractivity contribution in [2.75, 3.05) is 13.1 Å². The van der Waals surface area contributed by atoms with Crippen molar-refractivity contribution in [1.29, 1.82) is 0 Å². The first-order chi connectivity index (χ1) is 6.65. The molecule has 0 aromatic heterocycles. The minimum atomic E-state index is 0.285. The van der Waals surface area contributed by atoms with E-state index in [-0.39, 0.29) is 6.04 Å². The molecule has 1 rings (SSSR count). The number of thiocarbonyl (C=S) groups is 1. The minimum Gasteiger partial charge on any atom is -0.392 e. The van der Waals surface area contributed by atoms with Crippen molar-refractivity contribution in [2.45, 2.75) is 45.6 Å². The molecule has 1 heterocycles. The molecule has 82 valence electrons. The van der Waals surface area contributed by atoms with Crippen LogP contribution in [0.2, 0.25) is 0 Å². The van der Waals surface area contributed by atoms with Crippen LogP contribution in [0.4, 0.5) is 0 Å². The lowest BCUT2D eigenvalue weighted by molar-refractivity contribution is 0.165. The van der Waals surface area contributed by atoms with Gasteiger partial charge in [0.05, 0.1) is 11.0 Å². The van der Waals surface area contributed by atoms with Gasteiger partial charge in [-0.2, -0.15) is 0 Å². The second kappa shape index (κ2) is 5.66. The first-order valence-electron chi connectivity index (χ1n) is 5.68. The second-order valence-electron chi connectivity index (χ2n) is 4.35. The van der Waals surface area contributed by atoms with Gasteiger partial charge in [-0.25, -0.2) is 0 Å². The van der Waals surface area contributed by atoms with Crippen LogP contribution in [0.15, 0.2) is 0 Å². The highest BCUT2D eigenvalue weighted by Crippen LogP contribution is 2.22. The first-order valence-corrected chi connectivity index (χ1v) is 6.09. The van der Waals surface area contributed by atoms with E-state index in [0.717, 1.165) is 5.92 Å². The molecule has 0 aromatic carbocycles. The van der Waals surface area contributed by atoms with Gasteiger partial charge in [-0.3, -0.25) is 4.90 Å². The van der Waals surface area contributed by atoms with Crippen molar-refractivity contribution in [1.82, 2.24) is 4.90 Å². The number of nitrogens with two attached hydrogens (primary N) is 1. The lowest BCUT2D eigenvalue weighted by atomic mass is 9.92. The smallest absolute Gasteiger partial charge is 0.0899 e. The Morgan fingerprint density at radius 3 is 2.50 bits per heavy atom. The van der Waals surface area contributed by atoms with Gasteiger partial charge < -0.3 is 5.73 Å². The Morgan fingerprint density at radius 1 is 1.50 bits per heavy atom. The summed E-state index contributed by atoms with van der Waals surface area (Å²) in [7, 11) is 0. The maximum atomic E-state index is 5.65. The van der Waals surface area contributed by atoms with Crippen LogP contribution in [0.25, 0.3) is 0 Å². The summed E-state index contributed by atoms with van der Waals surface area (Å²) in [5.41, 5.74) is 5.65. The Kier molecular flexibility index (Phi) is 4.82. The normalized spacial score (nSPS) is 22.1. The Balaban J connectivity index is 2.31.